The molecule has 0 saturated carbocycles. The number of aromatic nitrogens is 2. The molecule has 0 radical (unpaired) electrons. The van der Waals surface area contributed by atoms with Crippen molar-refractivity contribution in [3.05, 3.63) is 41.1 Å². The summed E-state index contributed by atoms with van der Waals surface area (Å²) in [6, 6.07) is 7.07. The molecule has 1 unspecified atom stereocenters. The number of nitrogens with zero attached hydrogens (tertiary/aromatic N) is 1. The van der Waals surface area contributed by atoms with Crippen LogP contribution in [-0.2, 0) is 54.1 Å². The lowest BCUT2D eigenvalue weighted by molar-refractivity contribution is -0.289. The Bertz CT molecular complexity index is 1390. The third-order valence-corrected chi connectivity index (χ3v) is 6.84. The van der Waals surface area contributed by atoms with Gasteiger partial charge in [-0.25, -0.2) is 0 Å². The number of aliphatic carboxylic acids is 1. The van der Waals surface area contributed by atoms with E-state index in [1.165, 1.54) is 6.92 Å². The number of hydrogen-bond acceptors (Lipinski definition) is 13. The number of hydrogen-bond donors (Lipinski definition) is 2. The topological polar surface area (TPSA) is 199 Å². The number of carbonyl (C=O) groups is 5. The predicted molar refractivity (Wildman–Crippen MR) is 157 cm³/mol. The molecule has 46 heavy (non-hydrogen) atoms. The summed E-state index contributed by atoms with van der Waals surface area (Å²) in [5, 5.41) is 16.4. The van der Waals surface area contributed by atoms with Crippen LogP contribution in [0.4, 0.5) is 0 Å². The van der Waals surface area contributed by atoms with Crippen LogP contribution >= 0.6 is 0 Å². The maximum Gasteiger partial charge on any atom is 0.309 e. The fourth-order valence-corrected chi connectivity index (χ4v) is 4.70. The van der Waals surface area contributed by atoms with Gasteiger partial charge in [-0.15, -0.1) is 5.10 Å². The number of esters is 4. The summed E-state index contributed by atoms with van der Waals surface area (Å²) in [7, 11) is 0. The first-order valence-electron chi connectivity index (χ1n) is 14.6. The van der Waals surface area contributed by atoms with E-state index in [0.29, 0.717) is 17.7 Å². The number of carboxylic acids is 1. The molecular formula is C31H40N2O13. The van der Waals surface area contributed by atoms with Crippen molar-refractivity contribution in [3.63, 3.8) is 0 Å². The summed E-state index contributed by atoms with van der Waals surface area (Å²) >= 11 is 0. The van der Waals surface area contributed by atoms with E-state index in [2.05, 4.69) is 10.2 Å². The van der Waals surface area contributed by atoms with Crippen molar-refractivity contribution < 1.29 is 62.2 Å². The Labute approximate surface area is 265 Å². The van der Waals surface area contributed by atoms with Crippen molar-refractivity contribution in [2.45, 2.75) is 91.5 Å². The first kappa shape index (κ1) is 35.8. The summed E-state index contributed by atoms with van der Waals surface area (Å²) in [4.78, 5) is 59.1. The van der Waals surface area contributed by atoms with Crippen molar-refractivity contribution >= 4 is 29.8 Å². The molecule has 0 bridgehead atoms. The van der Waals surface area contributed by atoms with Crippen LogP contribution in [0.15, 0.2) is 24.3 Å². The molecule has 2 N–H and O–H groups in total. The number of benzene rings is 1. The first-order chi connectivity index (χ1) is 21.7. The van der Waals surface area contributed by atoms with E-state index in [0.717, 1.165) is 32.0 Å². The smallest absolute Gasteiger partial charge is 0.309 e. The van der Waals surface area contributed by atoms with Crippen LogP contribution in [0.1, 0.15) is 71.2 Å². The molecule has 15 heteroatoms. The Hall–Kier alpha value is -4.66. The molecule has 1 aliphatic rings. The van der Waals surface area contributed by atoms with Gasteiger partial charge in [-0.1, -0.05) is 26.0 Å². The summed E-state index contributed by atoms with van der Waals surface area (Å²) in [6.07, 6.45) is -6.44. The molecule has 1 fully saturated rings. The monoisotopic (exact) mass is 648 g/mol. The summed E-state index contributed by atoms with van der Waals surface area (Å²) in [5.74, 6) is -3.96. The van der Waals surface area contributed by atoms with Gasteiger partial charge in [0.25, 0.3) is 0 Å². The number of nitrogens with one attached hydrogen (secondary N) is 1. The van der Waals surface area contributed by atoms with Gasteiger partial charge in [-0.3, -0.25) is 29.1 Å². The zero-order chi connectivity index (χ0) is 34.1. The maximum atomic E-state index is 12.2. The second kappa shape index (κ2) is 16.1. The minimum atomic E-state index is -1.45. The van der Waals surface area contributed by atoms with Crippen molar-refractivity contribution in [2.75, 3.05) is 13.2 Å². The zero-order valence-electron chi connectivity index (χ0n) is 26.8. The fourth-order valence-electron chi connectivity index (χ4n) is 4.70. The lowest BCUT2D eigenvalue weighted by Gasteiger charge is -2.43. The molecule has 0 amide bonds. The Morgan fingerprint density at radius 2 is 1.46 bits per heavy atom. The molecule has 1 aromatic carbocycles. The van der Waals surface area contributed by atoms with E-state index in [-0.39, 0.29) is 18.4 Å². The minimum Gasteiger partial charge on any atom is -0.493 e. The van der Waals surface area contributed by atoms with Crippen LogP contribution in [0.25, 0.3) is 0 Å². The highest BCUT2D eigenvalue weighted by Crippen LogP contribution is 2.34. The van der Waals surface area contributed by atoms with Crippen molar-refractivity contribution in [1.29, 1.82) is 0 Å². The maximum absolute atomic E-state index is 12.2. The van der Waals surface area contributed by atoms with Gasteiger partial charge in [0.2, 0.25) is 18.3 Å². The summed E-state index contributed by atoms with van der Waals surface area (Å²) < 4.78 is 39.4. The molecular weight excluding hydrogens is 608 g/mol. The molecule has 1 aliphatic heterocycles. The lowest BCUT2D eigenvalue weighted by Crippen LogP contribution is -2.63. The largest absolute Gasteiger partial charge is 0.493 e. The van der Waals surface area contributed by atoms with Crippen LogP contribution in [0.5, 0.6) is 11.6 Å². The van der Waals surface area contributed by atoms with E-state index in [9.17, 15) is 24.0 Å². The van der Waals surface area contributed by atoms with Gasteiger partial charge < -0.3 is 38.3 Å². The summed E-state index contributed by atoms with van der Waals surface area (Å²) in [5.41, 5.74) is 2.24. The van der Waals surface area contributed by atoms with E-state index in [4.69, 9.17) is 38.3 Å². The molecule has 0 spiro atoms. The molecule has 15 nitrogen and oxygen atoms in total. The Morgan fingerprint density at radius 3 is 2.00 bits per heavy atom. The third kappa shape index (κ3) is 9.92. The molecule has 2 heterocycles. The Balaban J connectivity index is 1.96. The van der Waals surface area contributed by atoms with E-state index in [1.54, 1.807) is 19.1 Å². The van der Waals surface area contributed by atoms with Crippen molar-refractivity contribution in [2.24, 2.45) is 5.92 Å². The predicted octanol–water partition coefficient (Wildman–Crippen LogP) is 2.69. The van der Waals surface area contributed by atoms with Gasteiger partial charge in [0.15, 0.2) is 12.2 Å². The highest BCUT2D eigenvalue weighted by molar-refractivity contribution is 5.70. The van der Waals surface area contributed by atoms with Crippen molar-refractivity contribution in [3.8, 4) is 11.6 Å². The molecule has 3 rings (SSSR count). The molecule has 1 saturated heterocycles. The lowest BCUT2D eigenvalue weighted by atomic mass is 9.97. The van der Waals surface area contributed by atoms with E-state index in [1.807, 2.05) is 26.0 Å². The van der Waals surface area contributed by atoms with Gasteiger partial charge >= 0.3 is 29.8 Å². The molecule has 1 aromatic heterocycles. The number of carboxylic acid groups (broad SMARTS) is 1. The van der Waals surface area contributed by atoms with Crippen LogP contribution in [0.2, 0.25) is 0 Å². The highest BCUT2D eigenvalue weighted by Gasteiger charge is 2.53. The van der Waals surface area contributed by atoms with E-state index < -0.39 is 73.1 Å². The second-order valence-electron chi connectivity index (χ2n) is 11.1. The third-order valence-electron chi connectivity index (χ3n) is 6.84. The van der Waals surface area contributed by atoms with Gasteiger partial charge in [0, 0.05) is 45.4 Å². The quantitative estimate of drug-likeness (QED) is 0.224. The zero-order valence-corrected chi connectivity index (χ0v) is 26.8. The highest BCUT2D eigenvalue weighted by atomic mass is 16.7. The molecule has 252 valence electrons. The van der Waals surface area contributed by atoms with Crippen LogP contribution in [0.3, 0.4) is 0 Å². The Kier molecular flexibility index (Phi) is 12.5. The normalized spacial score (nSPS) is 21.5. The number of ether oxygens (including phenoxy) is 7. The van der Waals surface area contributed by atoms with E-state index >= 15 is 0 Å². The average molecular weight is 649 g/mol. The number of carbonyl (C=O) groups excluding carboxylic acids is 4. The summed E-state index contributed by atoms with van der Waals surface area (Å²) in [6.45, 7) is 9.66. The van der Waals surface area contributed by atoms with Gasteiger partial charge in [0.05, 0.1) is 5.92 Å². The number of H-pyrrole nitrogens is 1. The Morgan fingerprint density at radius 1 is 0.870 bits per heavy atom. The first-order valence-corrected chi connectivity index (χ1v) is 14.6. The molecule has 0 aliphatic carbocycles. The molecule has 2 aromatic rings. The number of rotatable bonds is 14. The fraction of sp³-hybridized carbons (Fsp3) is 0.548. The number of aromatic amines is 1. The standard InChI is InChI=1S/C31H40N2O13/c1-15(2)25-23(12-21-8-10-22(11-9-21)41-13-16(3)30(38)39)29(33-32-25)46-31-28(44-20(7)37)27(43-19(6)36)26(42-18(5)35)24(45-31)14-40-17(4)34/h8-11,15-16,24,26-28,31H,12-14H2,1-7H3,(H,32,33)(H,38,39)/t16?,24-,26-,27+,28-,31+/m1/s1. The SMILES string of the molecule is CC(=O)OC[C@H]1O[C@@H](Oc2n[nH]c(C(C)C)c2Cc2ccc(OCC(C)C(=O)O)cc2)[C@H](OC(C)=O)[C@@H](OC(C)=O)[C@@H]1OC(C)=O. The minimum absolute atomic E-state index is 0.0158. The van der Waals surface area contributed by atoms with Crippen LogP contribution in [-0.4, -0.2) is 89.1 Å². The van der Waals surface area contributed by atoms with Gasteiger partial charge in [-0.05, 0) is 30.5 Å². The average Bonchev–Trinajstić information content (AvgIpc) is 3.35. The van der Waals surface area contributed by atoms with Gasteiger partial charge in [-0.2, -0.15) is 0 Å². The van der Waals surface area contributed by atoms with Crippen molar-refractivity contribution in [1.82, 2.24) is 10.2 Å². The van der Waals surface area contributed by atoms with Gasteiger partial charge in [0.1, 0.15) is 25.1 Å². The van der Waals surface area contributed by atoms with Crippen LogP contribution in [0, 0.1) is 5.92 Å². The van der Waals surface area contributed by atoms with Crippen LogP contribution < -0.4 is 9.47 Å². The molecule has 6 atom stereocenters. The second-order valence-corrected chi connectivity index (χ2v) is 11.1.